The molecule has 1 N–H and O–H groups in total. The normalized spacial score (nSPS) is 12.1. The Balaban J connectivity index is 3.14. The first-order chi connectivity index (χ1) is 7.10. The molecule has 1 rings (SSSR count). The van der Waals surface area contributed by atoms with E-state index in [-0.39, 0.29) is 5.82 Å². The smallest absolute Gasteiger partial charge is 0.318 e. The molecule has 1 atom stereocenters. The van der Waals surface area contributed by atoms with E-state index in [2.05, 4.69) is 0 Å². The van der Waals surface area contributed by atoms with Crippen molar-refractivity contribution in [2.75, 3.05) is 0 Å². The Morgan fingerprint density at radius 1 is 1.60 bits per heavy atom. The molecule has 15 heavy (non-hydrogen) atoms. The van der Waals surface area contributed by atoms with E-state index in [1.165, 1.54) is 18.2 Å². The number of carboxylic acids is 1. The van der Waals surface area contributed by atoms with Crippen LogP contribution in [0.15, 0.2) is 18.2 Å². The van der Waals surface area contributed by atoms with E-state index in [9.17, 15) is 14.0 Å². The van der Waals surface area contributed by atoms with Crippen LogP contribution in [-0.4, -0.2) is 17.4 Å². The second-order valence-corrected chi connectivity index (χ2v) is 3.16. The number of carboxylic acid groups (broad SMARTS) is 1. The summed E-state index contributed by atoms with van der Waals surface area (Å²) in [4.78, 5) is 21.2. The van der Waals surface area contributed by atoms with Gasteiger partial charge in [-0.25, -0.2) is 4.39 Å². The fraction of sp³-hybridized carbons (Fsp3) is 0.273. The van der Waals surface area contributed by atoms with Crippen molar-refractivity contribution in [1.29, 1.82) is 0 Å². The molecule has 0 fully saturated rings. The van der Waals surface area contributed by atoms with Crippen molar-refractivity contribution in [2.24, 2.45) is 0 Å². The Morgan fingerprint density at radius 3 is 2.73 bits per heavy atom. The third-order valence-corrected chi connectivity index (χ3v) is 2.21. The first kappa shape index (κ1) is 11.4. The van der Waals surface area contributed by atoms with Crippen LogP contribution < -0.4 is 0 Å². The summed E-state index contributed by atoms with van der Waals surface area (Å²) in [7, 11) is 0. The lowest BCUT2D eigenvalue weighted by Crippen LogP contribution is -2.13. The van der Waals surface area contributed by atoms with Crippen molar-refractivity contribution < 1.29 is 19.1 Å². The number of carbonyl (C=O) groups excluding carboxylic acids is 1. The van der Waals surface area contributed by atoms with Crippen LogP contribution in [0.1, 0.15) is 24.0 Å². The van der Waals surface area contributed by atoms with E-state index in [1.54, 1.807) is 6.92 Å². The van der Waals surface area contributed by atoms with Crippen molar-refractivity contribution >= 4 is 12.3 Å². The number of halogens is 1. The van der Waals surface area contributed by atoms with Crippen molar-refractivity contribution in [2.45, 2.75) is 19.3 Å². The van der Waals surface area contributed by atoms with Crippen LogP contribution in [0.5, 0.6) is 0 Å². The van der Waals surface area contributed by atoms with Crippen molar-refractivity contribution in [3.63, 3.8) is 0 Å². The maximum atomic E-state index is 13.1. The number of aryl methyl sites for hydroxylation is 1. The zero-order valence-corrected chi connectivity index (χ0v) is 8.24. The zero-order valence-electron chi connectivity index (χ0n) is 8.24. The fourth-order valence-electron chi connectivity index (χ4n) is 1.34. The van der Waals surface area contributed by atoms with Gasteiger partial charge in [0.05, 0.1) is 0 Å². The lowest BCUT2D eigenvalue weighted by atomic mass is 9.98. The van der Waals surface area contributed by atoms with Gasteiger partial charge < -0.3 is 9.90 Å². The van der Waals surface area contributed by atoms with Gasteiger partial charge in [-0.3, -0.25) is 4.79 Å². The topological polar surface area (TPSA) is 54.4 Å². The standard InChI is InChI=1S/C11H11FO3/c1-2-7-5-8(3-4-10(7)12)9(6-13)11(14)15/h3-6,9H,2H2,1H3,(H,14,15)/t9-/m1/s1. The second-order valence-electron chi connectivity index (χ2n) is 3.16. The van der Waals surface area contributed by atoms with Gasteiger partial charge >= 0.3 is 5.97 Å². The molecular weight excluding hydrogens is 199 g/mol. The minimum absolute atomic E-state index is 0.316. The SMILES string of the molecule is CCc1cc([C@@H](C=O)C(=O)O)ccc1F. The molecule has 1 aromatic rings. The Kier molecular flexibility index (Phi) is 3.55. The van der Waals surface area contributed by atoms with Gasteiger partial charge in [0.15, 0.2) is 0 Å². The quantitative estimate of drug-likeness (QED) is 0.608. The fourth-order valence-corrected chi connectivity index (χ4v) is 1.34. The van der Waals surface area contributed by atoms with E-state index < -0.39 is 11.9 Å². The molecule has 0 saturated heterocycles. The van der Waals surface area contributed by atoms with Gasteiger partial charge in [-0.2, -0.15) is 0 Å². The average molecular weight is 210 g/mol. The molecule has 0 aliphatic rings. The van der Waals surface area contributed by atoms with Crippen LogP contribution in [0.25, 0.3) is 0 Å². The van der Waals surface area contributed by atoms with Gasteiger partial charge in [-0.15, -0.1) is 0 Å². The highest BCUT2D eigenvalue weighted by Crippen LogP contribution is 2.18. The molecule has 0 saturated carbocycles. The minimum atomic E-state index is -1.22. The number of aliphatic carboxylic acids is 1. The summed E-state index contributed by atoms with van der Waals surface area (Å²) in [5, 5.41) is 8.73. The van der Waals surface area contributed by atoms with Gasteiger partial charge in [-0.1, -0.05) is 19.1 Å². The van der Waals surface area contributed by atoms with E-state index in [1.807, 2.05) is 0 Å². The summed E-state index contributed by atoms with van der Waals surface area (Å²) in [5.41, 5.74) is 0.733. The van der Waals surface area contributed by atoms with Crippen LogP contribution >= 0.6 is 0 Å². The highest BCUT2D eigenvalue weighted by atomic mass is 19.1. The molecule has 0 aliphatic carbocycles. The lowest BCUT2D eigenvalue weighted by Gasteiger charge is -2.07. The third kappa shape index (κ3) is 2.40. The molecule has 0 aromatic heterocycles. The van der Waals surface area contributed by atoms with Crippen LogP contribution in [0.4, 0.5) is 4.39 Å². The molecule has 1 aromatic carbocycles. The summed E-state index contributed by atoms with van der Waals surface area (Å²) in [6.07, 6.45) is 0.805. The predicted octanol–water partition coefficient (Wildman–Crippen LogP) is 1.76. The van der Waals surface area contributed by atoms with Gasteiger partial charge in [-0.05, 0) is 23.6 Å². The average Bonchev–Trinajstić information content (AvgIpc) is 2.21. The largest absolute Gasteiger partial charge is 0.480 e. The van der Waals surface area contributed by atoms with E-state index >= 15 is 0 Å². The summed E-state index contributed by atoms with van der Waals surface area (Å²) in [5.74, 6) is -2.81. The highest BCUT2D eigenvalue weighted by molar-refractivity contribution is 5.92. The molecule has 80 valence electrons. The van der Waals surface area contributed by atoms with Crippen LogP contribution in [-0.2, 0) is 16.0 Å². The molecule has 3 nitrogen and oxygen atoms in total. The molecule has 0 heterocycles. The molecule has 4 heteroatoms. The summed E-state index contributed by atoms with van der Waals surface area (Å²) >= 11 is 0. The third-order valence-electron chi connectivity index (χ3n) is 2.21. The first-order valence-corrected chi connectivity index (χ1v) is 4.56. The van der Waals surface area contributed by atoms with Crippen molar-refractivity contribution in [3.05, 3.63) is 35.1 Å². The van der Waals surface area contributed by atoms with Crippen molar-refractivity contribution in [3.8, 4) is 0 Å². The molecule has 0 bridgehead atoms. The molecule has 0 spiro atoms. The number of aldehydes is 1. The van der Waals surface area contributed by atoms with E-state index in [0.717, 1.165) is 0 Å². The first-order valence-electron chi connectivity index (χ1n) is 4.56. The predicted molar refractivity (Wildman–Crippen MR) is 52.2 cm³/mol. The number of hydrogen-bond acceptors (Lipinski definition) is 2. The Labute approximate surface area is 86.5 Å². The highest BCUT2D eigenvalue weighted by Gasteiger charge is 2.19. The zero-order chi connectivity index (χ0) is 11.4. The maximum absolute atomic E-state index is 13.1. The minimum Gasteiger partial charge on any atom is -0.480 e. The number of hydrogen-bond donors (Lipinski definition) is 1. The molecular formula is C11H11FO3. The van der Waals surface area contributed by atoms with Gasteiger partial charge in [0, 0.05) is 0 Å². The van der Waals surface area contributed by atoms with Crippen LogP contribution in [0.2, 0.25) is 0 Å². The lowest BCUT2D eigenvalue weighted by molar-refractivity contribution is -0.140. The summed E-state index contributed by atoms with van der Waals surface area (Å²) in [6, 6.07) is 3.93. The molecule has 0 aliphatic heterocycles. The monoisotopic (exact) mass is 210 g/mol. The maximum Gasteiger partial charge on any atom is 0.318 e. The Hall–Kier alpha value is -1.71. The number of carbonyl (C=O) groups is 2. The molecule has 0 unspecified atom stereocenters. The van der Waals surface area contributed by atoms with Crippen molar-refractivity contribution in [1.82, 2.24) is 0 Å². The number of rotatable bonds is 4. The van der Waals surface area contributed by atoms with E-state index in [4.69, 9.17) is 5.11 Å². The van der Waals surface area contributed by atoms with E-state index in [0.29, 0.717) is 23.8 Å². The molecule has 0 radical (unpaired) electrons. The summed E-state index contributed by atoms with van der Waals surface area (Å²) in [6.45, 7) is 1.76. The van der Waals surface area contributed by atoms with Gasteiger partial charge in [0.1, 0.15) is 18.0 Å². The second kappa shape index (κ2) is 4.68. The van der Waals surface area contributed by atoms with Gasteiger partial charge in [0.2, 0.25) is 0 Å². The Bertz CT molecular complexity index is 387. The van der Waals surface area contributed by atoms with Gasteiger partial charge in [0.25, 0.3) is 0 Å². The molecule has 0 amide bonds. The number of benzene rings is 1. The summed E-state index contributed by atoms with van der Waals surface area (Å²) < 4.78 is 13.1. The Morgan fingerprint density at radius 2 is 2.27 bits per heavy atom. The van der Waals surface area contributed by atoms with Crippen LogP contribution in [0.3, 0.4) is 0 Å². The van der Waals surface area contributed by atoms with Crippen LogP contribution in [0, 0.1) is 5.82 Å².